The Balaban J connectivity index is 3.06. The number of hydrogen-bond donors (Lipinski definition) is 1. The van der Waals surface area contributed by atoms with Crippen LogP contribution >= 0.6 is 0 Å². The second kappa shape index (κ2) is 4.88. The van der Waals surface area contributed by atoms with Gasteiger partial charge in [-0.2, -0.15) is 0 Å². The number of esters is 1. The molecule has 94 valence electrons. The van der Waals surface area contributed by atoms with E-state index in [2.05, 4.69) is 0 Å². The van der Waals surface area contributed by atoms with Crippen molar-refractivity contribution in [3.8, 4) is 5.75 Å². The number of nitrogens with two attached hydrogens (primary N) is 1. The van der Waals surface area contributed by atoms with E-state index in [0.717, 1.165) is 17.5 Å². The van der Waals surface area contributed by atoms with Gasteiger partial charge in [0.2, 0.25) is 0 Å². The van der Waals surface area contributed by atoms with Crippen LogP contribution in [0.2, 0.25) is 0 Å². The Bertz CT molecular complexity index is 407. The largest absolute Gasteiger partial charge is 0.427 e. The first-order chi connectivity index (χ1) is 7.69. The van der Waals surface area contributed by atoms with Gasteiger partial charge in [0.15, 0.2) is 0 Å². The van der Waals surface area contributed by atoms with Crippen molar-refractivity contribution in [2.75, 3.05) is 0 Å². The molecular weight excluding hydrogens is 214 g/mol. The summed E-state index contributed by atoms with van der Waals surface area (Å²) in [6, 6.07) is 3.77. The van der Waals surface area contributed by atoms with E-state index in [1.54, 1.807) is 0 Å². The zero-order chi connectivity index (χ0) is 13.2. The lowest BCUT2D eigenvalue weighted by atomic mass is 9.90. The Morgan fingerprint density at radius 2 is 1.76 bits per heavy atom. The molecule has 0 bridgehead atoms. The number of carbonyl (C=O) groups is 1. The molecule has 2 N–H and O–H groups in total. The molecule has 0 radical (unpaired) electrons. The summed E-state index contributed by atoms with van der Waals surface area (Å²) in [6.07, 6.45) is 0.811. The monoisotopic (exact) mass is 235 g/mol. The summed E-state index contributed by atoms with van der Waals surface area (Å²) in [6.45, 7) is 9.45. The van der Waals surface area contributed by atoms with Gasteiger partial charge >= 0.3 is 5.97 Å². The lowest BCUT2D eigenvalue weighted by Crippen LogP contribution is -2.35. The molecule has 0 aliphatic rings. The molecule has 17 heavy (non-hydrogen) atoms. The third-order valence-corrected chi connectivity index (χ3v) is 2.56. The molecule has 0 spiro atoms. The number of ether oxygens (including phenoxy) is 1. The molecule has 0 atom stereocenters. The molecule has 0 aliphatic carbocycles. The SMILES string of the molecule is CC(=O)Oc1cc(C)c(CC(C)(C)N)c(C)c1. The van der Waals surface area contributed by atoms with Crippen molar-refractivity contribution in [1.82, 2.24) is 0 Å². The van der Waals surface area contributed by atoms with Crippen LogP contribution in [-0.2, 0) is 11.2 Å². The fourth-order valence-corrected chi connectivity index (χ4v) is 1.91. The third kappa shape index (κ3) is 4.19. The molecular formula is C14H21NO2. The summed E-state index contributed by atoms with van der Waals surface area (Å²) in [4.78, 5) is 10.9. The standard InChI is InChI=1S/C14H21NO2/c1-9-6-12(17-11(3)16)7-10(2)13(9)8-14(4,5)15/h6-7H,8,15H2,1-5H3. The van der Waals surface area contributed by atoms with Gasteiger partial charge < -0.3 is 10.5 Å². The predicted octanol–water partition coefficient (Wildman–Crippen LogP) is 2.51. The van der Waals surface area contributed by atoms with Crippen molar-refractivity contribution in [3.63, 3.8) is 0 Å². The Kier molecular flexibility index (Phi) is 3.94. The highest BCUT2D eigenvalue weighted by Crippen LogP contribution is 2.24. The molecule has 0 fully saturated rings. The van der Waals surface area contributed by atoms with E-state index in [1.807, 2.05) is 39.8 Å². The summed E-state index contributed by atoms with van der Waals surface area (Å²) in [5, 5.41) is 0. The lowest BCUT2D eigenvalue weighted by molar-refractivity contribution is -0.131. The van der Waals surface area contributed by atoms with Crippen LogP contribution in [0.4, 0.5) is 0 Å². The zero-order valence-corrected chi connectivity index (χ0v) is 11.3. The lowest BCUT2D eigenvalue weighted by Gasteiger charge is -2.22. The average Bonchev–Trinajstić information content (AvgIpc) is 2.08. The second-order valence-corrected chi connectivity index (χ2v) is 5.29. The van der Waals surface area contributed by atoms with Gasteiger partial charge in [0.1, 0.15) is 5.75 Å². The smallest absolute Gasteiger partial charge is 0.308 e. The fourth-order valence-electron chi connectivity index (χ4n) is 1.91. The summed E-state index contributed by atoms with van der Waals surface area (Å²) in [5.41, 5.74) is 9.25. The van der Waals surface area contributed by atoms with Crippen molar-refractivity contribution in [1.29, 1.82) is 0 Å². The molecule has 0 amide bonds. The molecule has 0 aromatic heterocycles. The number of benzene rings is 1. The van der Waals surface area contributed by atoms with Crippen LogP contribution in [0, 0.1) is 13.8 Å². The third-order valence-electron chi connectivity index (χ3n) is 2.56. The summed E-state index contributed by atoms with van der Waals surface area (Å²) in [5.74, 6) is 0.307. The van der Waals surface area contributed by atoms with Gasteiger partial charge in [-0.05, 0) is 62.9 Å². The van der Waals surface area contributed by atoms with Gasteiger partial charge in [-0.3, -0.25) is 4.79 Å². The Hall–Kier alpha value is -1.35. The maximum Gasteiger partial charge on any atom is 0.308 e. The van der Waals surface area contributed by atoms with Crippen LogP contribution in [0.15, 0.2) is 12.1 Å². The first kappa shape index (κ1) is 13.7. The van der Waals surface area contributed by atoms with Crippen molar-refractivity contribution < 1.29 is 9.53 Å². The number of rotatable bonds is 3. The summed E-state index contributed by atoms with van der Waals surface area (Å²) >= 11 is 0. The normalized spacial score (nSPS) is 11.4. The molecule has 0 saturated carbocycles. The van der Waals surface area contributed by atoms with Crippen LogP contribution in [-0.4, -0.2) is 11.5 Å². The maximum atomic E-state index is 10.9. The molecule has 3 heteroatoms. The van der Waals surface area contributed by atoms with Crippen molar-refractivity contribution >= 4 is 5.97 Å². The highest BCUT2D eigenvalue weighted by molar-refractivity contribution is 5.69. The Morgan fingerprint density at radius 3 is 2.12 bits per heavy atom. The van der Waals surface area contributed by atoms with Gasteiger partial charge in [0.05, 0.1) is 0 Å². The molecule has 0 unspecified atom stereocenters. The van der Waals surface area contributed by atoms with E-state index >= 15 is 0 Å². The van der Waals surface area contributed by atoms with E-state index in [-0.39, 0.29) is 11.5 Å². The Morgan fingerprint density at radius 1 is 1.29 bits per heavy atom. The fraction of sp³-hybridized carbons (Fsp3) is 0.500. The summed E-state index contributed by atoms with van der Waals surface area (Å²) < 4.78 is 5.09. The summed E-state index contributed by atoms with van der Waals surface area (Å²) in [7, 11) is 0. The van der Waals surface area contributed by atoms with Crippen LogP contribution in [0.25, 0.3) is 0 Å². The predicted molar refractivity (Wildman–Crippen MR) is 69.2 cm³/mol. The van der Waals surface area contributed by atoms with Gasteiger partial charge in [0.25, 0.3) is 0 Å². The first-order valence-corrected chi connectivity index (χ1v) is 5.76. The number of hydrogen-bond acceptors (Lipinski definition) is 3. The molecule has 0 aliphatic heterocycles. The highest BCUT2D eigenvalue weighted by atomic mass is 16.5. The minimum atomic E-state index is -0.296. The molecule has 0 heterocycles. The maximum absolute atomic E-state index is 10.9. The number of aryl methyl sites for hydroxylation is 2. The van der Waals surface area contributed by atoms with E-state index in [4.69, 9.17) is 10.5 Å². The van der Waals surface area contributed by atoms with Crippen LogP contribution in [0.1, 0.15) is 37.5 Å². The zero-order valence-electron chi connectivity index (χ0n) is 11.3. The van der Waals surface area contributed by atoms with Gasteiger partial charge in [-0.15, -0.1) is 0 Å². The van der Waals surface area contributed by atoms with Crippen LogP contribution < -0.4 is 10.5 Å². The van der Waals surface area contributed by atoms with Gasteiger partial charge in [-0.1, -0.05) is 0 Å². The molecule has 3 nitrogen and oxygen atoms in total. The van der Waals surface area contributed by atoms with Crippen LogP contribution in [0.5, 0.6) is 5.75 Å². The van der Waals surface area contributed by atoms with Crippen molar-refractivity contribution in [2.45, 2.75) is 46.6 Å². The number of carbonyl (C=O) groups excluding carboxylic acids is 1. The van der Waals surface area contributed by atoms with Gasteiger partial charge in [0, 0.05) is 12.5 Å². The Labute approximate surface area is 103 Å². The van der Waals surface area contributed by atoms with E-state index in [0.29, 0.717) is 5.75 Å². The highest BCUT2D eigenvalue weighted by Gasteiger charge is 2.16. The minimum Gasteiger partial charge on any atom is -0.427 e. The minimum absolute atomic E-state index is 0.238. The average molecular weight is 235 g/mol. The van der Waals surface area contributed by atoms with Crippen LogP contribution in [0.3, 0.4) is 0 Å². The van der Waals surface area contributed by atoms with E-state index in [9.17, 15) is 4.79 Å². The van der Waals surface area contributed by atoms with E-state index < -0.39 is 0 Å². The molecule has 1 aromatic rings. The molecule has 1 rings (SSSR count). The quantitative estimate of drug-likeness (QED) is 0.647. The van der Waals surface area contributed by atoms with Crippen molar-refractivity contribution in [2.24, 2.45) is 5.73 Å². The topological polar surface area (TPSA) is 52.3 Å². The second-order valence-electron chi connectivity index (χ2n) is 5.29. The molecule has 1 aromatic carbocycles. The first-order valence-electron chi connectivity index (χ1n) is 5.76. The van der Waals surface area contributed by atoms with Crippen molar-refractivity contribution in [3.05, 3.63) is 28.8 Å². The van der Waals surface area contributed by atoms with E-state index in [1.165, 1.54) is 12.5 Å². The molecule has 0 saturated heterocycles. The van der Waals surface area contributed by atoms with Gasteiger partial charge in [-0.25, -0.2) is 0 Å².